The number of amides is 1. The first-order chi connectivity index (χ1) is 14.2. The summed E-state index contributed by atoms with van der Waals surface area (Å²) in [6, 6.07) is 4.74. The molecule has 1 saturated heterocycles. The molecule has 1 aromatic carbocycles. The van der Waals surface area contributed by atoms with E-state index in [1.54, 1.807) is 48.6 Å². The standard InChI is InChI=1S/C20H27N3O6S/c1-13-18(20(24)23-6-8-29-9-7-23)19(14(2)22(13)3)30(25,26)21-15-10-16(27-4)12-17(11-15)28-5/h10-12,21H,6-9H2,1-5H3. The second-order valence-corrected chi connectivity index (χ2v) is 8.66. The highest BCUT2D eigenvalue weighted by molar-refractivity contribution is 7.92. The quantitative estimate of drug-likeness (QED) is 0.742. The Labute approximate surface area is 176 Å². The van der Waals surface area contributed by atoms with E-state index in [-0.39, 0.29) is 22.1 Å². The molecule has 0 radical (unpaired) electrons. The zero-order chi connectivity index (χ0) is 22.1. The number of ether oxygens (including phenoxy) is 3. The Kier molecular flexibility index (Phi) is 6.27. The number of sulfonamides is 1. The number of hydrogen-bond donors (Lipinski definition) is 1. The van der Waals surface area contributed by atoms with Crippen LogP contribution in [0, 0.1) is 13.8 Å². The second kappa shape index (κ2) is 8.57. The van der Waals surface area contributed by atoms with E-state index in [1.807, 2.05) is 0 Å². The van der Waals surface area contributed by atoms with Crippen molar-refractivity contribution in [1.82, 2.24) is 9.47 Å². The molecule has 0 saturated carbocycles. The maximum atomic E-state index is 13.4. The van der Waals surface area contributed by atoms with Gasteiger partial charge in [-0.15, -0.1) is 0 Å². The van der Waals surface area contributed by atoms with Crippen LogP contribution in [0.2, 0.25) is 0 Å². The summed E-state index contributed by atoms with van der Waals surface area (Å²) in [6.45, 7) is 5.14. The first kappa shape index (κ1) is 22.0. The molecular formula is C20H27N3O6S. The molecule has 1 aliphatic heterocycles. The van der Waals surface area contributed by atoms with Gasteiger partial charge in [0.05, 0.1) is 38.7 Å². The SMILES string of the molecule is COc1cc(NS(=O)(=O)c2c(C(=O)N3CCOCC3)c(C)n(C)c2C)cc(OC)c1. The summed E-state index contributed by atoms with van der Waals surface area (Å²) < 4.78 is 46.8. The summed E-state index contributed by atoms with van der Waals surface area (Å²) in [5.41, 5.74) is 1.52. The summed E-state index contributed by atoms with van der Waals surface area (Å²) in [5, 5.41) is 0. The summed E-state index contributed by atoms with van der Waals surface area (Å²) in [7, 11) is 0.640. The Bertz CT molecular complexity index is 1030. The Hall–Kier alpha value is -2.72. The third kappa shape index (κ3) is 4.10. The van der Waals surface area contributed by atoms with Crippen LogP contribution in [0.3, 0.4) is 0 Å². The van der Waals surface area contributed by atoms with E-state index < -0.39 is 10.0 Å². The van der Waals surface area contributed by atoms with Gasteiger partial charge in [-0.1, -0.05) is 0 Å². The lowest BCUT2D eigenvalue weighted by atomic mass is 10.2. The molecule has 1 fully saturated rings. The van der Waals surface area contributed by atoms with Crippen LogP contribution in [0.1, 0.15) is 21.7 Å². The predicted octanol–water partition coefficient (Wildman–Crippen LogP) is 1.93. The molecule has 1 aromatic heterocycles. The maximum absolute atomic E-state index is 13.4. The molecule has 0 atom stereocenters. The number of morpholine rings is 1. The molecule has 0 unspecified atom stereocenters. The summed E-state index contributed by atoms with van der Waals surface area (Å²) in [5.74, 6) is 0.568. The zero-order valence-corrected chi connectivity index (χ0v) is 18.6. The normalized spacial score (nSPS) is 14.5. The molecule has 1 N–H and O–H groups in total. The number of nitrogens with zero attached hydrogens (tertiary/aromatic N) is 2. The Balaban J connectivity index is 2.06. The van der Waals surface area contributed by atoms with E-state index in [0.717, 1.165) is 0 Å². The summed E-state index contributed by atoms with van der Waals surface area (Å²) in [4.78, 5) is 14.8. The molecule has 0 aliphatic carbocycles. The molecule has 3 rings (SSSR count). The second-order valence-electron chi connectivity index (χ2n) is 7.05. The van der Waals surface area contributed by atoms with Gasteiger partial charge in [0.1, 0.15) is 16.4 Å². The molecule has 30 heavy (non-hydrogen) atoms. The number of rotatable bonds is 6. The van der Waals surface area contributed by atoms with Crippen molar-refractivity contribution in [3.63, 3.8) is 0 Å². The topological polar surface area (TPSA) is 99.1 Å². The number of aromatic nitrogens is 1. The minimum absolute atomic E-state index is 0.0271. The van der Waals surface area contributed by atoms with E-state index in [0.29, 0.717) is 49.2 Å². The van der Waals surface area contributed by atoms with Gasteiger partial charge in [-0.2, -0.15) is 0 Å². The minimum atomic E-state index is -4.07. The molecule has 1 amide bonds. The van der Waals surface area contributed by atoms with Gasteiger partial charge in [-0.3, -0.25) is 9.52 Å². The molecule has 9 nitrogen and oxygen atoms in total. The lowest BCUT2D eigenvalue weighted by Gasteiger charge is -2.27. The fourth-order valence-corrected chi connectivity index (χ4v) is 5.05. The monoisotopic (exact) mass is 437 g/mol. The first-order valence-electron chi connectivity index (χ1n) is 9.48. The lowest BCUT2D eigenvalue weighted by Crippen LogP contribution is -2.41. The average Bonchev–Trinajstić information content (AvgIpc) is 2.97. The number of anilines is 1. The van der Waals surface area contributed by atoms with Gasteiger partial charge in [0.15, 0.2) is 0 Å². The number of carbonyl (C=O) groups is 1. The van der Waals surface area contributed by atoms with Crippen molar-refractivity contribution in [3.05, 3.63) is 35.2 Å². The van der Waals surface area contributed by atoms with Crippen LogP contribution in [0.5, 0.6) is 11.5 Å². The first-order valence-corrected chi connectivity index (χ1v) is 11.0. The van der Waals surface area contributed by atoms with Crippen molar-refractivity contribution in [2.45, 2.75) is 18.7 Å². The third-order valence-corrected chi connectivity index (χ3v) is 6.85. The number of nitrogens with one attached hydrogen (secondary N) is 1. The Morgan fingerprint density at radius 1 is 1.03 bits per heavy atom. The highest BCUT2D eigenvalue weighted by Gasteiger charge is 2.33. The maximum Gasteiger partial charge on any atom is 0.264 e. The number of benzene rings is 1. The van der Waals surface area contributed by atoms with Crippen molar-refractivity contribution < 1.29 is 27.4 Å². The van der Waals surface area contributed by atoms with Gasteiger partial charge >= 0.3 is 0 Å². The third-order valence-electron chi connectivity index (χ3n) is 5.31. The van der Waals surface area contributed by atoms with Crippen LogP contribution in [-0.4, -0.2) is 64.3 Å². The predicted molar refractivity (Wildman–Crippen MR) is 112 cm³/mol. The smallest absolute Gasteiger partial charge is 0.264 e. The van der Waals surface area contributed by atoms with E-state index in [9.17, 15) is 13.2 Å². The lowest BCUT2D eigenvalue weighted by molar-refractivity contribution is 0.0300. The summed E-state index contributed by atoms with van der Waals surface area (Å²) >= 11 is 0. The largest absolute Gasteiger partial charge is 0.497 e. The molecular weight excluding hydrogens is 410 g/mol. The fourth-order valence-electron chi connectivity index (χ4n) is 3.49. The van der Waals surface area contributed by atoms with Crippen molar-refractivity contribution in [3.8, 4) is 11.5 Å². The molecule has 164 valence electrons. The highest BCUT2D eigenvalue weighted by Crippen LogP contribution is 2.32. The number of methoxy groups -OCH3 is 2. The van der Waals surface area contributed by atoms with Crippen LogP contribution in [-0.2, 0) is 21.8 Å². The molecule has 2 heterocycles. The highest BCUT2D eigenvalue weighted by atomic mass is 32.2. The van der Waals surface area contributed by atoms with E-state index in [2.05, 4.69) is 4.72 Å². The van der Waals surface area contributed by atoms with Crippen LogP contribution in [0.4, 0.5) is 5.69 Å². The van der Waals surface area contributed by atoms with Gasteiger partial charge in [0.2, 0.25) is 0 Å². The van der Waals surface area contributed by atoms with E-state index in [1.165, 1.54) is 14.2 Å². The molecule has 0 spiro atoms. The van der Waals surface area contributed by atoms with E-state index in [4.69, 9.17) is 14.2 Å². The van der Waals surface area contributed by atoms with Crippen molar-refractivity contribution in [1.29, 1.82) is 0 Å². The van der Waals surface area contributed by atoms with Crippen molar-refractivity contribution in [2.24, 2.45) is 7.05 Å². The van der Waals surface area contributed by atoms with Crippen LogP contribution in [0.15, 0.2) is 23.1 Å². The number of hydrogen-bond acceptors (Lipinski definition) is 6. The molecule has 10 heteroatoms. The molecule has 0 bridgehead atoms. The Morgan fingerprint density at radius 2 is 1.60 bits per heavy atom. The van der Waals surface area contributed by atoms with Crippen molar-refractivity contribution in [2.75, 3.05) is 45.2 Å². The molecule has 2 aromatic rings. The van der Waals surface area contributed by atoms with Gasteiger partial charge < -0.3 is 23.7 Å². The van der Waals surface area contributed by atoms with Crippen LogP contribution >= 0.6 is 0 Å². The minimum Gasteiger partial charge on any atom is -0.497 e. The van der Waals surface area contributed by atoms with E-state index >= 15 is 0 Å². The van der Waals surface area contributed by atoms with Gasteiger partial charge in [0.25, 0.3) is 15.9 Å². The average molecular weight is 438 g/mol. The van der Waals surface area contributed by atoms with Gasteiger partial charge in [-0.05, 0) is 13.8 Å². The van der Waals surface area contributed by atoms with Crippen LogP contribution < -0.4 is 14.2 Å². The fraction of sp³-hybridized carbons (Fsp3) is 0.450. The Morgan fingerprint density at radius 3 is 2.13 bits per heavy atom. The van der Waals surface area contributed by atoms with Gasteiger partial charge in [-0.25, -0.2) is 8.42 Å². The zero-order valence-electron chi connectivity index (χ0n) is 17.8. The summed E-state index contributed by atoms with van der Waals surface area (Å²) in [6.07, 6.45) is 0. The van der Waals surface area contributed by atoms with Gasteiger partial charge in [0, 0.05) is 49.7 Å². The van der Waals surface area contributed by atoms with Crippen molar-refractivity contribution >= 4 is 21.6 Å². The van der Waals surface area contributed by atoms with Crippen LogP contribution in [0.25, 0.3) is 0 Å². The number of carbonyl (C=O) groups excluding carboxylic acids is 1. The molecule has 1 aliphatic rings.